The Balaban J connectivity index is 1.62. The fourth-order valence-corrected chi connectivity index (χ4v) is 5.91. The van der Waals surface area contributed by atoms with E-state index in [-0.39, 0.29) is 17.7 Å². The number of H-pyrrole nitrogens is 1. The maximum atomic E-state index is 13.2. The van der Waals surface area contributed by atoms with Crippen LogP contribution >= 0.6 is 11.6 Å². The largest absolute Gasteiger partial charge is 0.342 e. The number of sulfonamides is 1. The lowest BCUT2D eigenvalue weighted by Gasteiger charge is -2.29. The first kappa shape index (κ1) is 22.6. The van der Waals surface area contributed by atoms with Crippen molar-refractivity contribution in [2.24, 2.45) is 5.92 Å². The van der Waals surface area contributed by atoms with E-state index >= 15 is 0 Å². The van der Waals surface area contributed by atoms with Crippen LogP contribution in [0.1, 0.15) is 55.3 Å². The maximum absolute atomic E-state index is 13.2. The molecule has 0 bridgehead atoms. The number of amides is 1. The van der Waals surface area contributed by atoms with Crippen molar-refractivity contribution in [3.8, 4) is 0 Å². The van der Waals surface area contributed by atoms with Gasteiger partial charge in [0.25, 0.3) is 5.91 Å². The van der Waals surface area contributed by atoms with E-state index in [2.05, 4.69) is 29.1 Å². The molecular formula is C23H27ClN4O3S. The van der Waals surface area contributed by atoms with Gasteiger partial charge in [-0.2, -0.15) is 0 Å². The normalized spacial score (nSPS) is 16.9. The van der Waals surface area contributed by atoms with Crippen molar-refractivity contribution in [1.82, 2.24) is 15.3 Å². The minimum Gasteiger partial charge on any atom is -0.342 e. The second kappa shape index (κ2) is 9.11. The number of aromatic amines is 1. The van der Waals surface area contributed by atoms with Crippen LogP contribution in [0.25, 0.3) is 11.0 Å². The molecule has 1 aliphatic heterocycles. The van der Waals surface area contributed by atoms with Crippen LogP contribution in [0.3, 0.4) is 0 Å². The zero-order valence-corrected chi connectivity index (χ0v) is 19.7. The summed E-state index contributed by atoms with van der Waals surface area (Å²) >= 11 is 6.32. The molecule has 170 valence electrons. The van der Waals surface area contributed by atoms with Gasteiger partial charge in [-0.1, -0.05) is 37.6 Å². The van der Waals surface area contributed by atoms with Gasteiger partial charge in [-0.3, -0.25) is 9.10 Å². The second-order valence-corrected chi connectivity index (χ2v) is 11.0. The first-order valence-corrected chi connectivity index (χ1v) is 12.8. The van der Waals surface area contributed by atoms with Crippen LogP contribution in [0.4, 0.5) is 5.69 Å². The maximum Gasteiger partial charge on any atom is 0.251 e. The Kier molecular flexibility index (Phi) is 6.44. The first-order chi connectivity index (χ1) is 15.2. The summed E-state index contributed by atoms with van der Waals surface area (Å²) in [7, 11) is -3.44. The van der Waals surface area contributed by atoms with Crippen molar-refractivity contribution in [1.29, 1.82) is 0 Å². The second-order valence-electron chi connectivity index (χ2n) is 8.56. The average molecular weight is 475 g/mol. The summed E-state index contributed by atoms with van der Waals surface area (Å²) < 4.78 is 26.4. The number of carbonyl (C=O) groups excluding carboxylic acids is 1. The number of hydrogen-bond donors (Lipinski definition) is 2. The van der Waals surface area contributed by atoms with Crippen molar-refractivity contribution in [3.05, 3.63) is 58.9 Å². The molecule has 1 aromatic heterocycles. The smallest absolute Gasteiger partial charge is 0.251 e. The summed E-state index contributed by atoms with van der Waals surface area (Å²) in [6.07, 6.45) is 2.09. The quantitative estimate of drug-likeness (QED) is 0.543. The first-order valence-electron chi connectivity index (χ1n) is 10.8. The minimum absolute atomic E-state index is 0.0856. The molecule has 2 aromatic carbocycles. The molecule has 32 heavy (non-hydrogen) atoms. The summed E-state index contributed by atoms with van der Waals surface area (Å²) in [6, 6.07) is 12.2. The van der Waals surface area contributed by atoms with E-state index in [1.54, 1.807) is 18.2 Å². The number of hydrogen-bond acceptors (Lipinski definition) is 4. The van der Waals surface area contributed by atoms with Gasteiger partial charge in [0.15, 0.2) is 0 Å². The van der Waals surface area contributed by atoms with Crippen molar-refractivity contribution in [3.63, 3.8) is 0 Å². The molecule has 7 nitrogen and oxygen atoms in total. The lowest BCUT2D eigenvalue weighted by atomic mass is 10.0. The van der Waals surface area contributed by atoms with E-state index in [1.165, 1.54) is 4.31 Å². The van der Waals surface area contributed by atoms with Gasteiger partial charge in [-0.15, -0.1) is 0 Å². The molecule has 1 amide bonds. The number of rotatable bonds is 6. The number of para-hydroxylation sites is 2. The Morgan fingerprint density at radius 3 is 2.72 bits per heavy atom. The zero-order valence-electron chi connectivity index (χ0n) is 18.1. The number of fused-ring (bicyclic) bond motifs is 1. The predicted octanol–water partition coefficient (Wildman–Crippen LogP) is 4.66. The molecule has 0 aliphatic carbocycles. The Morgan fingerprint density at radius 1 is 1.22 bits per heavy atom. The third-order valence-corrected chi connectivity index (χ3v) is 7.75. The number of benzene rings is 2. The van der Waals surface area contributed by atoms with Crippen LogP contribution in [0.5, 0.6) is 0 Å². The van der Waals surface area contributed by atoms with E-state index in [4.69, 9.17) is 11.6 Å². The van der Waals surface area contributed by atoms with Gasteiger partial charge >= 0.3 is 0 Å². The summed E-state index contributed by atoms with van der Waals surface area (Å²) in [5, 5.41) is 3.38. The average Bonchev–Trinajstić information content (AvgIpc) is 3.17. The van der Waals surface area contributed by atoms with E-state index in [0.29, 0.717) is 47.4 Å². The highest BCUT2D eigenvalue weighted by atomic mass is 35.5. The summed E-state index contributed by atoms with van der Waals surface area (Å²) in [5.41, 5.74) is 2.46. The van der Waals surface area contributed by atoms with E-state index in [0.717, 1.165) is 17.5 Å². The van der Waals surface area contributed by atoms with Crippen LogP contribution in [0.15, 0.2) is 42.5 Å². The highest BCUT2D eigenvalue weighted by molar-refractivity contribution is 7.92. The SMILES string of the molecule is CC(C)C[C@@H](NC(=O)c1ccc(Cl)c(N2CCCCS2(=O)=O)c1)c1nc2ccccc2[nH]1. The molecule has 1 saturated heterocycles. The zero-order chi connectivity index (χ0) is 22.9. The van der Waals surface area contributed by atoms with E-state index in [9.17, 15) is 13.2 Å². The van der Waals surface area contributed by atoms with Crippen LogP contribution < -0.4 is 9.62 Å². The number of carbonyl (C=O) groups is 1. The number of aromatic nitrogens is 2. The Morgan fingerprint density at radius 2 is 2.00 bits per heavy atom. The number of imidazole rings is 1. The lowest BCUT2D eigenvalue weighted by Crippen LogP contribution is -2.38. The van der Waals surface area contributed by atoms with Gasteiger partial charge in [0.05, 0.1) is 33.5 Å². The molecule has 2 heterocycles. The van der Waals surface area contributed by atoms with Gasteiger partial charge in [0.1, 0.15) is 5.82 Å². The standard InChI is InChI=1S/C23H27ClN4O3S/c1-15(2)13-20(22-25-18-7-3-4-8-19(18)26-22)27-23(29)16-9-10-17(24)21(14-16)28-11-5-6-12-32(28,30)31/h3-4,7-10,14-15,20H,5-6,11-13H2,1-2H3,(H,25,26)(H,27,29)/t20-/m1/s1. The Bertz CT molecular complexity index is 1210. The summed E-state index contributed by atoms with van der Waals surface area (Å²) in [5.74, 6) is 0.805. The van der Waals surface area contributed by atoms with Gasteiger partial charge in [-0.05, 0) is 55.5 Å². The molecule has 0 radical (unpaired) electrons. The van der Waals surface area contributed by atoms with Crippen LogP contribution in [0, 0.1) is 5.92 Å². The third-order valence-electron chi connectivity index (χ3n) is 5.58. The molecule has 1 aliphatic rings. The molecule has 0 saturated carbocycles. The lowest BCUT2D eigenvalue weighted by molar-refractivity contribution is 0.0930. The van der Waals surface area contributed by atoms with Crippen LogP contribution in [-0.2, 0) is 10.0 Å². The molecular weight excluding hydrogens is 448 g/mol. The third kappa shape index (κ3) is 4.76. The molecule has 4 rings (SSSR count). The molecule has 0 spiro atoms. The van der Waals surface area contributed by atoms with Gasteiger partial charge in [0.2, 0.25) is 10.0 Å². The molecule has 1 atom stereocenters. The Hall–Kier alpha value is -2.58. The molecule has 0 unspecified atom stereocenters. The van der Waals surface area contributed by atoms with E-state index in [1.807, 2.05) is 24.3 Å². The number of nitrogens with zero attached hydrogens (tertiary/aromatic N) is 2. The predicted molar refractivity (Wildman–Crippen MR) is 128 cm³/mol. The molecule has 9 heteroatoms. The van der Waals surface area contributed by atoms with Crippen LogP contribution in [-0.4, -0.2) is 36.6 Å². The van der Waals surface area contributed by atoms with Gasteiger partial charge < -0.3 is 10.3 Å². The van der Waals surface area contributed by atoms with Gasteiger partial charge in [0, 0.05) is 12.1 Å². The van der Waals surface area contributed by atoms with Crippen LogP contribution in [0.2, 0.25) is 5.02 Å². The van der Waals surface area contributed by atoms with Gasteiger partial charge in [-0.25, -0.2) is 13.4 Å². The van der Waals surface area contributed by atoms with Crippen molar-refractivity contribution in [2.75, 3.05) is 16.6 Å². The van der Waals surface area contributed by atoms with Crippen molar-refractivity contribution >= 4 is 44.3 Å². The summed E-state index contributed by atoms with van der Waals surface area (Å²) in [6.45, 7) is 4.54. The number of nitrogens with one attached hydrogen (secondary N) is 2. The fraction of sp³-hybridized carbons (Fsp3) is 0.391. The van der Waals surface area contributed by atoms with Crippen molar-refractivity contribution < 1.29 is 13.2 Å². The minimum atomic E-state index is -3.44. The molecule has 3 aromatic rings. The Labute approximate surface area is 193 Å². The topological polar surface area (TPSA) is 95.2 Å². The number of halogens is 1. The monoisotopic (exact) mass is 474 g/mol. The molecule has 1 fully saturated rings. The highest BCUT2D eigenvalue weighted by Crippen LogP contribution is 2.32. The fourth-order valence-electron chi connectivity index (χ4n) is 3.99. The highest BCUT2D eigenvalue weighted by Gasteiger charge is 2.28. The molecule has 2 N–H and O–H groups in total. The summed E-state index contributed by atoms with van der Waals surface area (Å²) in [4.78, 5) is 21.1. The number of anilines is 1. The van der Waals surface area contributed by atoms with Crippen molar-refractivity contribution in [2.45, 2.75) is 39.2 Å². The van der Waals surface area contributed by atoms with E-state index < -0.39 is 10.0 Å².